The molecule has 0 amide bonds. The van der Waals surface area contributed by atoms with Crippen LogP contribution in [0.25, 0.3) is 0 Å². The van der Waals surface area contributed by atoms with Crippen molar-refractivity contribution in [3.63, 3.8) is 0 Å². The second-order valence-electron chi connectivity index (χ2n) is 4.08. The fourth-order valence-electron chi connectivity index (χ4n) is 1.72. The van der Waals surface area contributed by atoms with E-state index in [-0.39, 0.29) is 5.75 Å². The fourth-order valence-corrected chi connectivity index (χ4v) is 2.79. The molecule has 0 aromatic heterocycles. The van der Waals surface area contributed by atoms with Gasteiger partial charge in [0.15, 0.2) is 11.5 Å². The molecule has 106 valence electrons. The maximum atomic E-state index is 9.77. The van der Waals surface area contributed by atoms with Crippen molar-refractivity contribution < 1.29 is 9.84 Å². The zero-order chi connectivity index (χ0) is 14.7. The minimum atomic E-state index is 0.0974. The third-order valence-electron chi connectivity index (χ3n) is 2.74. The molecule has 0 fully saturated rings. The van der Waals surface area contributed by atoms with Gasteiger partial charge in [-0.3, -0.25) is 0 Å². The molecule has 6 heteroatoms. The van der Waals surface area contributed by atoms with Crippen molar-refractivity contribution in [2.24, 2.45) is 0 Å². The van der Waals surface area contributed by atoms with Crippen LogP contribution in [0.2, 0.25) is 5.02 Å². The highest BCUT2D eigenvalue weighted by atomic mass is 79.9. The van der Waals surface area contributed by atoms with Gasteiger partial charge >= 0.3 is 0 Å². The average molecular weight is 422 g/mol. The van der Waals surface area contributed by atoms with Crippen LogP contribution in [0.1, 0.15) is 5.56 Å². The van der Waals surface area contributed by atoms with E-state index in [0.29, 0.717) is 21.8 Å². The molecule has 0 unspecified atom stereocenters. The van der Waals surface area contributed by atoms with Gasteiger partial charge in [-0.05, 0) is 61.7 Å². The normalized spacial score (nSPS) is 10.4. The number of benzene rings is 2. The summed E-state index contributed by atoms with van der Waals surface area (Å²) in [6.07, 6.45) is 0. The van der Waals surface area contributed by atoms with Gasteiger partial charge in [-0.15, -0.1) is 0 Å². The Morgan fingerprint density at radius 2 is 2.05 bits per heavy atom. The number of hydrogen-bond acceptors (Lipinski definition) is 3. The first-order valence-electron chi connectivity index (χ1n) is 5.76. The van der Waals surface area contributed by atoms with Crippen molar-refractivity contribution in [1.82, 2.24) is 0 Å². The van der Waals surface area contributed by atoms with Gasteiger partial charge < -0.3 is 15.2 Å². The van der Waals surface area contributed by atoms with Crippen molar-refractivity contribution in [2.75, 3.05) is 12.4 Å². The van der Waals surface area contributed by atoms with E-state index in [1.807, 2.05) is 24.3 Å². The molecule has 0 heterocycles. The first-order valence-corrected chi connectivity index (χ1v) is 7.72. The summed E-state index contributed by atoms with van der Waals surface area (Å²) in [6.45, 7) is 0.578. The van der Waals surface area contributed by atoms with Gasteiger partial charge in [-0.25, -0.2) is 0 Å². The number of rotatable bonds is 4. The zero-order valence-corrected chi connectivity index (χ0v) is 14.5. The molecule has 0 bridgehead atoms. The van der Waals surface area contributed by atoms with Crippen LogP contribution in [-0.4, -0.2) is 12.2 Å². The molecule has 0 aliphatic heterocycles. The van der Waals surface area contributed by atoms with Crippen molar-refractivity contribution in [1.29, 1.82) is 0 Å². The highest BCUT2D eigenvalue weighted by Gasteiger charge is 2.09. The maximum Gasteiger partial charge on any atom is 0.172 e. The van der Waals surface area contributed by atoms with E-state index in [4.69, 9.17) is 16.3 Å². The molecule has 0 aliphatic carbocycles. The highest BCUT2D eigenvalue weighted by molar-refractivity contribution is 9.11. The molecule has 0 atom stereocenters. The second kappa shape index (κ2) is 6.70. The number of phenolic OH excluding ortho intramolecular Hbond substituents is 1. The van der Waals surface area contributed by atoms with E-state index in [1.165, 1.54) is 7.11 Å². The lowest BCUT2D eigenvalue weighted by Crippen LogP contribution is -2.01. The standard InChI is InChI=1S/C14H12Br2ClNO2/c1-20-12-6-8(5-9(15)14(12)19)7-18-11-4-2-3-10(17)13(11)16/h2-6,18-19H,7H2,1H3. The van der Waals surface area contributed by atoms with Gasteiger partial charge in [0.25, 0.3) is 0 Å². The fraction of sp³-hybridized carbons (Fsp3) is 0.143. The van der Waals surface area contributed by atoms with Gasteiger partial charge in [0.2, 0.25) is 0 Å². The van der Waals surface area contributed by atoms with Crippen molar-refractivity contribution in [3.8, 4) is 11.5 Å². The number of phenols is 1. The van der Waals surface area contributed by atoms with Crippen LogP contribution in [0.15, 0.2) is 39.3 Å². The lowest BCUT2D eigenvalue weighted by molar-refractivity contribution is 0.371. The molecule has 2 aromatic rings. The Balaban J connectivity index is 2.19. The molecule has 0 saturated heterocycles. The summed E-state index contributed by atoms with van der Waals surface area (Å²) in [5.41, 5.74) is 1.87. The summed E-state index contributed by atoms with van der Waals surface area (Å²) in [4.78, 5) is 0. The maximum absolute atomic E-state index is 9.77. The number of hydrogen-bond donors (Lipinski definition) is 2. The summed E-state index contributed by atoms with van der Waals surface area (Å²) in [6, 6.07) is 9.25. The van der Waals surface area contributed by atoms with E-state index < -0.39 is 0 Å². The Hall–Kier alpha value is -0.910. The van der Waals surface area contributed by atoms with Crippen LogP contribution in [0, 0.1) is 0 Å². The Kier molecular flexibility index (Phi) is 5.18. The van der Waals surface area contributed by atoms with E-state index >= 15 is 0 Å². The Bertz CT molecular complexity index is 635. The lowest BCUT2D eigenvalue weighted by atomic mass is 10.2. The third kappa shape index (κ3) is 3.40. The van der Waals surface area contributed by atoms with Crippen molar-refractivity contribution in [2.45, 2.75) is 6.54 Å². The van der Waals surface area contributed by atoms with Crippen LogP contribution in [0.4, 0.5) is 5.69 Å². The SMILES string of the molecule is COc1cc(CNc2cccc(Cl)c2Br)cc(Br)c1O. The molecule has 2 N–H and O–H groups in total. The number of aromatic hydroxyl groups is 1. The van der Waals surface area contributed by atoms with Gasteiger partial charge in [0.1, 0.15) is 0 Å². The Morgan fingerprint density at radius 1 is 1.30 bits per heavy atom. The summed E-state index contributed by atoms with van der Waals surface area (Å²) in [5.74, 6) is 0.529. The molecule has 3 nitrogen and oxygen atoms in total. The van der Waals surface area contributed by atoms with Gasteiger partial charge in [0.05, 0.1) is 26.8 Å². The number of ether oxygens (including phenoxy) is 1. The molecule has 20 heavy (non-hydrogen) atoms. The number of nitrogens with one attached hydrogen (secondary N) is 1. The number of halogens is 3. The summed E-state index contributed by atoms with van der Waals surface area (Å²) < 4.78 is 6.54. The van der Waals surface area contributed by atoms with Crippen LogP contribution in [0.5, 0.6) is 11.5 Å². The average Bonchev–Trinajstić information content (AvgIpc) is 2.44. The van der Waals surface area contributed by atoms with E-state index in [1.54, 1.807) is 6.07 Å². The lowest BCUT2D eigenvalue weighted by Gasteiger charge is -2.12. The molecule has 0 aliphatic rings. The third-order valence-corrected chi connectivity index (χ3v) is 4.74. The highest BCUT2D eigenvalue weighted by Crippen LogP contribution is 2.36. The largest absolute Gasteiger partial charge is 0.503 e. The summed E-state index contributed by atoms with van der Waals surface area (Å²) >= 11 is 12.8. The Labute approximate surface area is 139 Å². The molecular formula is C14H12Br2ClNO2. The van der Waals surface area contributed by atoms with Crippen LogP contribution in [-0.2, 0) is 6.54 Å². The molecule has 0 saturated carbocycles. The molecule has 2 aromatic carbocycles. The smallest absolute Gasteiger partial charge is 0.172 e. The molecule has 0 spiro atoms. The summed E-state index contributed by atoms with van der Waals surface area (Å²) in [7, 11) is 1.52. The van der Waals surface area contributed by atoms with Crippen LogP contribution >= 0.6 is 43.5 Å². The minimum absolute atomic E-state index is 0.0974. The summed E-state index contributed by atoms with van der Waals surface area (Å²) in [5, 5.41) is 13.7. The van der Waals surface area contributed by atoms with Crippen LogP contribution in [0.3, 0.4) is 0 Å². The monoisotopic (exact) mass is 419 g/mol. The van der Waals surface area contributed by atoms with Gasteiger partial charge in [-0.2, -0.15) is 0 Å². The molecular weight excluding hydrogens is 409 g/mol. The topological polar surface area (TPSA) is 41.5 Å². The van der Waals surface area contributed by atoms with Crippen LogP contribution < -0.4 is 10.1 Å². The first-order chi connectivity index (χ1) is 9.52. The van der Waals surface area contributed by atoms with E-state index in [2.05, 4.69) is 37.2 Å². The van der Waals surface area contributed by atoms with Gasteiger partial charge in [0, 0.05) is 6.54 Å². The first kappa shape index (κ1) is 15.5. The predicted octanol–water partition coefficient (Wildman–Crippen LogP) is 5.19. The molecule has 0 radical (unpaired) electrons. The minimum Gasteiger partial charge on any atom is -0.503 e. The Morgan fingerprint density at radius 3 is 2.75 bits per heavy atom. The predicted molar refractivity (Wildman–Crippen MR) is 88.8 cm³/mol. The number of methoxy groups -OCH3 is 1. The zero-order valence-electron chi connectivity index (χ0n) is 10.6. The van der Waals surface area contributed by atoms with Gasteiger partial charge in [-0.1, -0.05) is 17.7 Å². The van der Waals surface area contributed by atoms with Crippen molar-refractivity contribution >= 4 is 49.1 Å². The quantitative estimate of drug-likeness (QED) is 0.714. The second-order valence-corrected chi connectivity index (χ2v) is 6.14. The van der Waals surface area contributed by atoms with E-state index in [9.17, 15) is 5.11 Å². The van der Waals surface area contributed by atoms with E-state index in [0.717, 1.165) is 15.7 Å². The van der Waals surface area contributed by atoms with Crippen molar-refractivity contribution in [3.05, 3.63) is 49.9 Å². The number of anilines is 1. The molecule has 2 rings (SSSR count).